The lowest BCUT2D eigenvalue weighted by molar-refractivity contribution is -0.123. The van der Waals surface area contributed by atoms with Gasteiger partial charge in [0.2, 0.25) is 0 Å². The first-order valence-electron chi connectivity index (χ1n) is 6.10. The molecule has 0 saturated carbocycles. The van der Waals surface area contributed by atoms with E-state index in [1.807, 2.05) is 24.3 Å². The second-order valence-corrected chi connectivity index (χ2v) is 5.35. The molecule has 0 bridgehead atoms. The molecule has 0 fully saturated rings. The number of amides is 1. The van der Waals surface area contributed by atoms with Crippen LogP contribution in [-0.4, -0.2) is 18.7 Å². The van der Waals surface area contributed by atoms with Crippen LogP contribution in [0, 0.1) is 0 Å². The fraction of sp³-hybridized carbons (Fsp3) is 0.0667. The molecule has 21 heavy (non-hydrogen) atoms. The first-order valence-corrected chi connectivity index (χ1v) is 7.27. The molecule has 2 aromatic carbocycles. The maximum absolute atomic E-state index is 11.6. The van der Waals surface area contributed by atoms with Crippen molar-refractivity contribution in [1.29, 1.82) is 0 Å². The van der Waals surface area contributed by atoms with Gasteiger partial charge in [0.15, 0.2) is 6.61 Å². The zero-order valence-electron chi connectivity index (χ0n) is 10.9. The van der Waals surface area contributed by atoms with Crippen molar-refractivity contribution in [1.82, 2.24) is 5.43 Å². The van der Waals surface area contributed by atoms with Crippen molar-refractivity contribution in [2.45, 2.75) is 0 Å². The Morgan fingerprint density at radius 1 is 1.29 bits per heavy atom. The number of nitrogens with one attached hydrogen (secondary N) is 1. The van der Waals surface area contributed by atoms with Crippen molar-refractivity contribution in [3.63, 3.8) is 0 Å². The van der Waals surface area contributed by atoms with Gasteiger partial charge in [-0.3, -0.25) is 4.79 Å². The molecule has 0 radical (unpaired) electrons. The number of halogens is 2. The fourth-order valence-corrected chi connectivity index (χ4v) is 2.06. The minimum absolute atomic E-state index is 0.131. The molecule has 108 valence electrons. The number of nitrogens with zero attached hydrogens (tertiary/aromatic N) is 1. The van der Waals surface area contributed by atoms with Crippen molar-refractivity contribution in [2.75, 3.05) is 6.61 Å². The first-order chi connectivity index (χ1) is 10.1. The number of carbonyl (C=O) groups excluding carboxylic acids is 1. The molecule has 0 aromatic heterocycles. The van der Waals surface area contributed by atoms with Crippen molar-refractivity contribution < 1.29 is 9.53 Å². The highest BCUT2D eigenvalue weighted by Crippen LogP contribution is 2.16. The van der Waals surface area contributed by atoms with Gasteiger partial charge in [-0.15, -0.1) is 0 Å². The molecule has 0 saturated heterocycles. The molecule has 4 nitrogen and oxygen atoms in total. The molecule has 0 heterocycles. The molecular weight excluding hydrogens is 356 g/mol. The zero-order chi connectivity index (χ0) is 15.1. The third kappa shape index (κ3) is 5.21. The van der Waals surface area contributed by atoms with Crippen molar-refractivity contribution in [2.24, 2.45) is 5.10 Å². The van der Waals surface area contributed by atoms with E-state index in [4.69, 9.17) is 16.3 Å². The number of ether oxygens (including phenoxy) is 1. The van der Waals surface area contributed by atoms with E-state index in [0.717, 1.165) is 10.0 Å². The number of rotatable bonds is 5. The van der Waals surface area contributed by atoms with Gasteiger partial charge in [0.1, 0.15) is 5.75 Å². The van der Waals surface area contributed by atoms with Crippen LogP contribution in [-0.2, 0) is 4.79 Å². The molecule has 0 aliphatic heterocycles. The molecular formula is C15H12BrClN2O2. The molecule has 2 rings (SSSR count). The van der Waals surface area contributed by atoms with Gasteiger partial charge in [-0.2, -0.15) is 5.10 Å². The lowest BCUT2D eigenvalue weighted by atomic mass is 10.2. The van der Waals surface area contributed by atoms with E-state index in [-0.39, 0.29) is 12.5 Å². The maximum atomic E-state index is 11.6. The maximum Gasteiger partial charge on any atom is 0.277 e. The van der Waals surface area contributed by atoms with Crippen molar-refractivity contribution in [3.05, 3.63) is 63.6 Å². The average Bonchev–Trinajstić information content (AvgIpc) is 2.47. The van der Waals surface area contributed by atoms with E-state index in [1.54, 1.807) is 30.5 Å². The molecule has 1 N–H and O–H groups in total. The number of carbonyl (C=O) groups is 1. The van der Waals surface area contributed by atoms with E-state index >= 15 is 0 Å². The Kier molecular flexibility index (Phi) is 5.78. The number of hydrogen-bond acceptors (Lipinski definition) is 3. The summed E-state index contributed by atoms with van der Waals surface area (Å²) in [4.78, 5) is 11.6. The van der Waals surface area contributed by atoms with Gasteiger partial charge >= 0.3 is 0 Å². The van der Waals surface area contributed by atoms with E-state index in [9.17, 15) is 4.79 Å². The number of hydrogen-bond donors (Lipinski definition) is 1. The van der Waals surface area contributed by atoms with Gasteiger partial charge < -0.3 is 4.74 Å². The van der Waals surface area contributed by atoms with Gasteiger partial charge in [-0.05, 0) is 24.3 Å². The fourth-order valence-electron chi connectivity index (χ4n) is 1.49. The zero-order valence-corrected chi connectivity index (χ0v) is 13.3. The van der Waals surface area contributed by atoms with Crippen LogP contribution in [0.2, 0.25) is 5.02 Å². The molecule has 0 unspecified atom stereocenters. The summed E-state index contributed by atoms with van der Waals surface area (Å²) in [6.07, 6.45) is 1.56. The molecule has 1 amide bonds. The van der Waals surface area contributed by atoms with Gasteiger partial charge in [0, 0.05) is 15.1 Å². The third-order valence-electron chi connectivity index (χ3n) is 2.46. The third-order valence-corrected chi connectivity index (χ3v) is 3.42. The van der Waals surface area contributed by atoms with Crippen LogP contribution in [0.3, 0.4) is 0 Å². The Bertz CT molecular complexity index is 662. The van der Waals surface area contributed by atoms with Crippen LogP contribution in [0.1, 0.15) is 5.56 Å². The Morgan fingerprint density at radius 3 is 2.86 bits per heavy atom. The highest BCUT2D eigenvalue weighted by molar-refractivity contribution is 9.10. The lowest BCUT2D eigenvalue weighted by Crippen LogP contribution is -2.24. The predicted molar refractivity (Wildman–Crippen MR) is 86.8 cm³/mol. The van der Waals surface area contributed by atoms with Crippen LogP contribution < -0.4 is 10.2 Å². The minimum atomic E-state index is -0.349. The van der Waals surface area contributed by atoms with Crippen LogP contribution in [0.25, 0.3) is 0 Å². The molecule has 2 aromatic rings. The summed E-state index contributed by atoms with van der Waals surface area (Å²) >= 11 is 9.21. The van der Waals surface area contributed by atoms with Gasteiger partial charge in [0.05, 0.1) is 6.21 Å². The summed E-state index contributed by atoms with van der Waals surface area (Å²) in [6.45, 7) is -0.131. The standard InChI is InChI=1S/C15H12BrClN2O2/c16-14-7-2-1-4-11(14)9-18-19-15(20)10-21-13-6-3-5-12(17)8-13/h1-9H,10H2,(H,19,20)/b18-9-. The SMILES string of the molecule is O=C(COc1cccc(Cl)c1)N/N=C\c1ccccc1Br. The number of benzene rings is 2. The summed E-state index contributed by atoms with van der Waals surface area (Å²) in [5.74, 6) is 0.186. The smallest absolute Gasteiger partial charge is 0.277 e. The summed E-state index contributed by atoms with van der Waals surface area (Å²) in [5, 5.41) is 4.43. The molecule has 0 spiro atoms. The second-order valence-electron chi connectivity index (χ2n) is 4.06. The molecule has 0 aliphatic rings. The Hall–Kier alpha value is -1.85. The predicted octanol–water partition coefficient (Wildman–Crippen LogP) is 3.63. The lowest BCUT2D eigenvalue weighted by Gasteiger charge is -2.05. The van der Waals surface area contributed by atoms with Gasteiger partial charge in [-0.25, -0.2) is 5.43 Å². The van der Waals surface area contributed by atoms with E-state index < -0.39 is 0 Å². The summed E-state index contributed by atoms with van der Waals surface area (Å²) in [7, 11) is 0. The normalized spacial score (nSPS) is 10.6. The highest BCUT2D eigenvalue weighted by atomic mass is 79.9. The van der Waals surface area contributed by atoms with Gasteiger partial charge in [0.25, 0.3) is 5.91 Å². The van der Waals surface area contributed by atoms with Gasteiger partial charge in [-0.1, -0.05) is 51.8 Å². The highest BCUT2D eigenvalue weighted by Gasteiger charge is 2.02. The van der Waals surface area contributed by atoms with E-state index in [1.165, 1.54) is 0 Å². The summed E-state index contributed by atoms with van der Waals surface area (Å²) < 4.78 is 6.20. The summed E-state index contributed by atoms with van der Waals surface area (Å²) in [5.41, 5.74) is 3.26. The molecule has 0 aliphatic carbocycles. The van der Waals surface area contributed by atoms with Crippen LogP contribution in [0.4, 0.5) is 0 Å². The summed E-state index contributed by atoms with van der Waals surface area (Å²) in [6, 6.07) is 14.4. The van der Waals surface area contributed by atoms with Crippen molar-refractivity contribution >= 4 is 39.7 Å². The van der Waals surface area contributed by atoms with E-state index in [0.29, 0.717) is 10.8 Å². The second kappa shape index (κ2) is 7.81. The number of hydrazone groups is 1. The average molecular weight is 368 g/mol. The Balaban J connectivity index is 1.81. The largest absolute Gasteiger partial charge is 0.484 e. The first kappa shape index (κ1) is 15.5. The van der Waals surface area contributed by atoms with Crippen molar-refractivity contribution in [3.8, 4) is 5.75 Å². The molecule has 0 atom stereocenters. The molecule has 6 heteroatoms. The van der Waals surface area contributed by atoms with Crippen LogP contribution in [0.15, 0.2) is 58.1 Å². The van der Waals surface area contributed by atoms with Crippen LogP contribution >= 0.6 is 27.5 Å². The quantitative estimate of drug-likeness (QED) is 0.648. The minimum Gasteiger partial charge on any atom is -0.484 e. The topological polar surface area (TPSA) is 50.7 Å². The Morgan fingerprint density at radius 2 is 2.10 bits per heavy atom. The monoisotopic (exact) mass is 366 g/mol. The Labute approximate surface area is 135 Å². The van der Waals surface area contributed by atoms with E-state index in [2.05, 4.69) is 26.5 Å². The van der Waals surface area contributed by atoms with Crippen LogP contribution in [0.5, 0.6) is 5.75 Å².